The molecule has 0 amide bonds. The lowest BCUT2D eigenvalue weighted by atomic mass is 9.75. The number of halogens is 1. The molecule has 1 atom stereocenters. The second kappa shape index (κ2) is 9.11. The number of benzene rings is 3. The van der Waals surface area contributed by atoms with Gasteiger partial charge in [0.05, 0.1) is 0 Å². The van der Waals surface area contributed by atoms with Crippen LogP contribution in [0.3, 0.4) is 0 Å². The van der Waals surface area contributed by atoms with Crippen LogP contribution in [0, 0.1) is 0 Å². The van der Waals surface area contributed by atoms with Gasteiger partial charge in [0.25, 0.3) is 0 Å². The lowest BCUT2D eigenvalue weighted by Gasteiger charge is -2.30. The van der Waals surface area contributed by atoms with Gasteiger partial charge in [0.15, 0.2) is 5.78 Å². The zero-order valence-corrected chi connectivity index (χ0v) is 20.6. The molecule has 1 N–H and O–H groups in total. The Labute approximate surface area is 197 Å². The van der Waals surface area contributed by atoms with E-state index >= 15 is 0 Å². The van der Waals surface area contributed by atoms with E-state index in [0.29, 0.717) is 22.8 Å². The fourth-order valence-corrected chi connectivity index (χ4v) is 4.18. The minimum atomic E-state index is -0.242. The Kier molecular flexibility index (Phi) is 6.86. The summed E-state index contributed by atoms with van der Waals surface area (Å²) in [5.41, 5.74) is 4.07. The summed E-state index contributed by atoms with van der Waals surface area (Å²) in [7, 11) is 0. The Bertz CT molecular complexity index is 1050. The summed E-state index contributed by atoms with van der Waals surface area (Å²) in [5, 5.41) is 11.8. The standard InChI is InChI=1S/C29H33ClO2/c1-28(2,3)24-16-21(17-25(27(24)32)29(4,5)6)23(19-12-14-22(30)15-13-19)18-26(31)20-10-8-7-9-11-20/h7-17,23,32H,18H2,1-6H3. The molecule has 3 aromatic rings. The molecule has 3 aromatic carbocycles. The number of hydrogen-bond donors (Lipinski definition) is 1. The van der Waals surface area contributed by atoms with Crippen LogP contribution < -0.4 is 0 Å². The van der Waals surface area contributed by atoms with Crippen LogP contribution >= 0.6 is 11.6 Å². The highest BCUT2D eigenvalue weighted by Gasteiger charge is 2.29. The van der Waals surface area contributed by atoms with E-state index in [2.05, 4.69) is 53.7 Å². The third kappa shape index (κ3) is 5.42. The Morgan fingerprint density at radius 3 is 1.78 bits per heavy atom. The molecule has 0 radical (unpaired) electrons. The summed E-state index contributed by atoms with van der Waals surface area (Å²) >= 11 is 6.15. The van der Waals surface area contributed by atoms with E-state index in [1.165, 1.54) is 0 Å². The SMILES string of the molecule is CC(C)(C)c1cc(C(CC(=O)c2ccccc2)c2ccc(Cl)cc2)cc(C(C)(C)C)c1O. The molecule has 0 spiro atoms. The van der Waals surface area contributed by atoms with Crippen LogP contribution in [0.1, 0.15) is 86.5 Å². The zero-order chi connectivity index (χ0) is 23.7. The van der Waals surface area contributed by atoms with Crippen molar-refractivity contribution in [2.75, 3.05) is 0 Å². The van der Waals surface area contributed by atoms with E-state index in [1.807, 2.05) is 54.6 Å². The van der Waals surface area contributed by atoms with Crippen LogP contribution in [0.4, 0.5) is 0 Å². The number of phenols is 1. The largest absolute Gasteiger partial charge is 0.507 e. The van der Waals surface area contributed by atoms with Crippen molar-refractivity contribution in [3.63, 3.8) is 0 Å². The molecule has 32 heavy (non-hydrogen) atoms. The van der Waals surface area contributed by atoms with Gasteiger partial charge in [-0.15, -0.1) is 0 Å². The molecule has 0 aliphatic carbocycles. The van der Waals surface area contributed by atoms with Crippen molar-refractivity contribution in [2.45, 2.75) is 64.7 Å². The van der Waals surface area contributed by atoms with Crippen molar-refractivity contribution >= 4 is 17.4 Å². The van der Waals surface area contributed by atoms with E-state index in [0.717, 1.165) is 22.3 Å². The maximum Gasteiger partial charge on any atom is 0.163 e. The lowest BCUT2D eigenvalue weighted by Crippen LogP contribution is -2.19. The Morgan fingerprint density at radius 1 is 0.812 bits per heavy atom. The highest BCUT2D eigenvalue weighted by molar-refractivity contribution is 6.30. The maximum atomic E-state index is 13.2. The molecule has 0 aromatic heterocycles. The maximum absolute atomic E-state index is 13.2. The molecule has 2 nitrogen and oxygen atoms in total. The van der Waals surface area contributed by atoms with Gasteiger partial charge in [-0.05, 0) is 45.2 Å². The van der Waals surface area contributed by atoms with Crippen LogP contribution in [0.15, 0.2) is 66.7 Å². The van der Waals surface area contributed by atoms with Crippen molar-refractivity contribution in [1.82, 2.24) is 0 Å². The molecule has 1 unspecified atom stereocenters. The molecule has 0 bridgehead atoms. The molecule has 3 rings (SSSR count). The average molecular weight is 449 g/mol. The molecule has 0 saturated heterocycles. The Hall–Kier alpha value is -2.58. The van der Waals surface area contributed by atoms with Crippen LogP contribution in [-0.2, 0) is 10.8 Å². The summed E-state index contributed by atoms with van der Waals surface area (Å²) in [6.45, 7) is 12.6. The van der Waals surface area contributed by atoms with Gasteiger partial charge in [0, 0.05) is 22.9 Å². The predicted molar refractivity (Wildman–Crippen MR) is 134 cm³/mol. The third-order valence-corrected chi connectivity index (χ3v) is 6.16. The average Bonchev–Trinajstić information content (AvgIpc) is 2.72. The molecule has 0 saturated carbocycles. The van der Waals surface area contributed by atoms with E-state index in [-0.39, 0.29) is 22.5 Å². The van der Waals surface area contributed by atoms with Gasteiger partial charge in [0.1, 0.15) is 5.75 Å². The minimum Gasteiger partial charge on any atom is -0.507 e. The number of carbonyl (C=O) groups is 1. The van der Waals surface area contributed by atoms with Crippen molar-refractivity contribution in [3.8, 4) is 5.75 Å². The van der Waals surface area contributed by atoms with Gasteiger partial charge in [-0.3, -0.25) is 4.79 Å². The molecule has 3 heteroatoms. The van der Waals surface area contributed by atoms with Crippen molar-refractivity contribution in [1.29, 1.82) is 0 Å². The van der Waals surface area contributed by atoms with Gasteiger partial charge in [-0.2, -0.15) is 0 Å². The van der Waals surface area contributed by atoms with Crippen molar-refractivity contribution < 1.29 is 9.90 Å². The fraction of sp³-hybridized carbons (Fsp3) is 0.345. The first kappa shape index (κ1) is 24.1. The number of rotatable bonds is 5. The summed E-state index contributed by atoms with van der Waals surface area (Å²) in [6.07, 6.45) is 0.337. The number of aromatic hydroxyl groups is 1. The topological polar surface area (TPSA) is 37.3 Å². The summed E-state index contributed by atoms with van der Waals surface area (Å²) in [5.74, 6) is 0.286. The fourth-order valence-electron chi connectivity index (χ4n) is 4.05. The van der Waals surface area contributed by atoms with Gasteiger partial charge in [0.2, 0.25) is 0 Å². The number of phenolic OH excluding ortho intramolecular Hbond substituents is 1. The monoisotopic (exact) mass is 448 g/mol. The second-order valence-corrected chi connectivity index (χ2v) is 11.0. The predicted octanol–water partition coefficient (Wildman–Crippen LogP) is 8.05. The van der Waals surface area contributed by atoms with E-state index in [4.69, 9.17) is 11.6 Å². The summed E-state index contributed by atoms with van der Waals surface area (Å²) in [4.78, 5) is 13.2. The quantitative estimate of drug-likeness (QED) is 0.401. The molecule has 0 aliphatic heterocycles. The van der Waals surface area contributed by atoms with E-state index in [1.54, 1.807) is 0 Å². The van der Waals surface area contributed by atoms with E-state index in [9.17, 15) is 9.90 Å². The Balaban J connectivity index is 2.19. The first-order chi connectivity index (χ1) is 14.9. The van der Waals surface area contributed by atoms with Crippen molar-refractivity contribution in [2.24, 2.45) is 0 Å². The number of carbonyl (C=O) groups excluding carboxylic acids is 1. The normalized spacial score (nSPS) is 13.1. The van der Waals surface area contributed by atoms with Gasteiger partial charge in [-0.25, -0.2) is 0 Å². The second-order valence-electron chi connectivity index (χ2n) is 10.6. The summed E-state index contributed by atoms with van der Waals surface area (Å²) < 4.78 is 0. The van der Waals surface area contributed by atoms with Crippen LogP contribution in [0.25, 0.3) is 0 Å². The third-order valence-electron chi connectivity index (χ3n) is 5.91. The molecule has 0 heterocycles. The minimum absolute atomic E-state index is 0.0910. The smallest absolute Gasteiger partial charge is 0.163 e. The van der Waals surface area contributed by atoms with Crippen molar-refractivity contribution in [3.05, 3.63) is 99.6 Å². The highest BCUT2D eigenvalue weighted by Crippen LogP contribution is 2.43. The molecular formula is C29H33ClO2. The molecule has 0 aliphatic rings. The first-order valence-corrected chi connectivity index (χ1v) is 11.5. The lowest BCUT2D eigenvalue weighted by molar-refractivity contribution is 0.0977. The van der Waals surface area contributed by atoms with Crippen LogP contribution in [-0.4, -0.2) is 10.9 Å². The Morgan fingerprint density at radius 2 is 1.31 bits per heavy atom. The highest BCUT2D eigenvalue weighted by atomic mass is 35.5. The van der Waals surface area contributed by atoms with Gasteiger partial charge < -0.3 is 5.11 Å². The zero-order valence-electron chi connectivity index (χ0n) is 19.9. The van der Waals surface area contributed by atoms with Gasteiger partial charge >= 0.3 is 0 Å². The van der Waals surface area contributed by atoms with Gasteiger partial charge in [-0.1, -0.05) is 108 Å². The molecule has 168 valence electrons. The molecular weight excluding hydrogens is 416 g/mol. The number of ketones is 1. The number of Topliss-reactive ketones (excluding diaryl/α,β-unsaturated/α-hetero) is 1. The molecule has 0 fully saturated rings. The van der Waals surface area contributed by atoms with E-state index < -0.39 is 0 Å². The first-order valence-electron chi connectivity index (χ1n) is 11.1. The summed E-state index contributed by atoms with van der Waals surface area (Å²) in [6, 6.07) is 21.3. The van der Waals surface area contributed by atoms with Crippen LogP contribution in [0.2, 0.25) is 5.02 Å². The van der Waals surface area contributed by atoms with Crippen LogP contribution in [0.5, 0.6) is 5.75 Å². The number of hydrogen-bond acceptors (Lipinski definition) is 2.